The highest BCUT2D eigenvalue weighted by atomic mass is 16.5. The van der Waals surface area contributed by atoms with Crippen molar-refractivity contribution in [3.05, 3.63) is 0 Å². The third-order valence-electron chi connectivity index (χ3n) is 1.81. The van der Waals surface area contributed by atoms with Crippen LogP contribution in [-0.4, -0.2) is 57.3 Å². The van der Waals surface area contributed by atoms with E-state index < -0.39 is 0 Å². The molecule has 1 heterocycles. The smallest absolute Gasteiger partial charge is 0.141 e. The van der Waals surface area contributed by atoms with Gasteiger partial charge in [0.2, 0.25) is 0 Å². The molecule has 0 aromatic carbocycles. The zero-order valence-corrected chi connectivity index (χ0v) is 7.66. The highest BCUT2D eigenvalue weighted by molar-refractivity contribution is 6.29. The molecule has 4 heteroatoms. The van der Waals surface area contributed by atoms with Crippen LogP contribution in [0.25, 0.3) is 0 Å². The van der Waals surface area contributed by atoms with Gasteiger partial charge in [0.25, 0.3) is 0 Å². The SMILES string of the molecule is CN=CC(=NC)N1CCOCC1. The van der Waals surface area contributed by atoms with Crippen molar-refractivity contribution < 1.29 is 4.74 Å². The lowest BCUT2D eigenvalue weighted by molar-refractivity contribution is 0.0689. The van der Waals surface area contributed by atoms with Gasteiger partial charge in [0.05, 0.1) is 19.4 Å². The van der Waals surface area contributed by atoms with Crippen LogP contribution in [0.4, 0.5) is 0 Å². The van der Waals surface area contributed by atoms with Crippen LogP contribution < -0.4 is 0 Å². The summed E-state index contributed by atoms with van der Waals surface area (Å²) in [6.45, 7) is 3.41. The van der Waals surface area contributed by atoms with Crippen LogP contribution in [0.2, 0.25) is 0 Å². The van der Waals surface area contributed by atoms with Crippen LogP contribution in [-0.2, 0) is 4.74 Å². The maximum atomic E-state index is 5.23. The van der Waals surface area contributed by atoms with Gasteiger partial charge in [0.15, 0.2) is 0 Å². The standard InChI is InChI=1S/C8H15N3O/c1-9-7-8(10-2)11-3-5-12-6-4-11/h7H,3-6H2,1-2H3. The Bertz CT molecular complexity index is 183. The first-order chi connectivity index (χ1) is 5.88. The first-order valence-electron chi connectivity index (χ1n) is 4.10. The van der Waals surface area contributed by atoms with Crippen molar-refractivity contribution in [1.29, 1.82) is 0 Å². The predicted octanol–water partition coefficient (Wildman–Crippen LogP) is 0.0475. The van der Waals surface area contributed by atoms with Crippen molar-refractivity contribution in [2.75, 3.05) is 40.4 Å². The summed E-state index contributed by atoms with van der Waals surface area (Å²) in [5.74, 6) is 0.945. The number of aliphatic imine (C=N–C) groups is 2. The molecule has 0 bridgehead atoms. The van der Waals surface area contributed by atoms with Crippen LogP contribution in [0, 0.1) is 0 Å². The molecule has 1 aliphatic heterocycles. The summed E-state index contributed by atoms with van der Waals surface area (Å²) in [6, 6.07) is 0. The molecule has 68 valence electrons. The molecule has 1 aliphatic rings. The fourth-order valence-electron chi connectivity index (χ4n) is 1.19. The molecule has 1 saturated heterocycles. The zero-order chi connectivity index (χ0) is 8.81. The summed E-state index contributed by atoms with van der Waals surface area (Å²) in [5.41, 5.74) is 0. The van der Waals surface area contributed by atoms with E-state index >= 15 is 0 Å². The largest absolute Gasteiger partial charge is 0.378 e. The first-order valence-corrected chi connectivity index (χ1v) is 4.10. The predicted molar refractivity (Wildman–Crippen MR) is 50.2 cm³/mol. The third kappa shape index (κ3) is 2.30. The molecular formula is C8H15N3O. The number of hydrogen-bond donors (Lipinski definition) is 0. The second-order valence-electron chi connectivity index (χ2n) is 2.57. The fourth-order valence-corrected chi connectivity index (χ4v) is 1.19. The minimum absolute atomic E-state index is 0.788. The Kier molecular flexibility index (Phi) is 3.73. The van der Waals surface area contributed by atoms with Gasteiger partial charge in [-0.1, -0.05) is 0 Å². The van der Waals surface area contributed by atoms with Crippen molar-refractivity contribution in [3.63, 3.8) is 0 Å². The molecule has 0 N–H and O–H groups in total. The molecule has 1 fully saturated rings. The molecule has 0 saturated carbocycles. The van der Waals surface area contributed by atoms with Gasteiger partial charge in [-0.15, -0.1) is 0 Å². The van der Waals surface area contributed by atoms with Crippen molar-refractivity contribution in [2.45, 2.75) is 0 Å². The summed E-state index contributed by atoms with van der Waals surface area (Å²) in [7, 11) is 3.54. The number of hydrogen-bond acceptors (Lipinski definition) is 3. The maximum Gasteiger partial charge on any atom is 0.141 e. The van der Waals surface area contributed by atoms with Crippen molar-refractivity contribution in [3.8, 4) is 0 Å². The number of ether oxygens (including phenoxy) is 1. The van der Waals surface area contributed by atoms with Gasteiger partial charge in [0.1, 0.15) is 5.84 Å². The van der Waals surface area contributed by atoms with Crippen LogP contribution in [0.5, 0.6) is 0 Å². The lowest BCUT2D eigenvalue weighted by Gasteiger charge is -2.27. The second-order valence-corrected chi connectivity index (χ2v) is 2.57. The molecule has 12 heavy (non-hydrogen) atoms. The van der Waals surface area contributed by atoms with E-state index in [1.54, 1.807) is 20.3 Å². The Balaban J connectivity index is 2.52. The van der Waals surface area contributed by atoms with Gasteiger partial charge in [-0.05, 0) is 0 Å². The molecule has 4 nitrogen and oxygen atoms in total. The van der Waals surface area contributed by atoms with Crippen LogP contribution >= 0.6 is 0 Å². The summed E-state index contributed by atoms with van der Waals surface area (Å²) in [5, 5.41) is 0. The topological polar surface area (TPSA) is 37.2 Å². The quantitative estimate of drug-likeness (QED) is 0.411. The lowest BCUT2D eigenvalue weighted by Crippen LogP contribution is -2.41. The van der Waals surface area contributed by atoms with Crippen molar-refractivity contribution in [1.82, 2.24) is 4.90 Å². The first kappa shape index (κ1) is 9.19. The third-order valence-corrected chi connectivity index (χ3v) is 1.81. The molecule has 0 aliphatic carbocycles. The van der Waals surface area contributed by atoms with Gasteiger partial charge >= 0.3 is 0 Å². The second kappa shape index (κ2) is 4.87. The molecule has 0 aromatic rings. The number of rotatable bonds is 1. The summed E-state index contributed by atoms with van der Waals surface area (Å²) >= 11 is 0. The molecule has 0 aromatic heterocycles. The van der Waals surface area contributed by atoms with Gasteiger partial charge in [-0.3, -0.25) is 9.98 Å². The van der Waals surface area contributed by atoms with E-state index in [4.69, 9.17) is 4.74 Å². The van der Waals surface area contributed by atoms with Gasteiger partial charge < -0.3 is 9.64 Å². The molecule has 0 radical (unpaired) electrons. The van der Waals surface area contributed by atoms with E-state index in [0.29, 0.717) is 0 Å². The minimum atomic E-state index is 0.788. The summed E-state index contributed by atoms with van der Waals surface area (Å²) < 4.78 is 5.23. The molecular weight excluding hydrogens is 154 g/mol. The summed E-state index contributed by atoms with van der Waals surface area (Å²) in [6.07, 6.45) is 1.78. The molecule has 1 rings (SSSR count). The average Bonchev–Trinajstić information content (AvgIpc) is 2.15. The van der Waals surface area contributed by atoms with E-state index in [-0.39, 0.29) is 0 Å². The Morgan fingerprint density at radius 2 is 2.00 bits per heavy atom. The van der Waals surface area contributed by atoms with E-state index in [0.717, 1.165) is 32.1 Å². The Morgan fingerprint density at radius 1 is 1.33 bits per heavy atom. The maximum absolute atomic E-state index is 5.23. The zero-order valence-electron chi connectivity index (χ0n) is 7.66. The molecule has 0 atom stereocenters. The van der Waals surface area contributed by atoms with E-state index in [1.165, 1.54) is 0 Å². The van der Waals surface area contributed by atoms with Gasteiger partial charge in [-0.2, -0.15) is 0 Å². The van der Waals surface area contributed by atoms with E-state index in [1.807, 2.05) is 0 Å². The van der Waals surface area contributed by atoms with Crippen molar-refractivity contribution in [2.24, 2.45) is 9.98 Å². The number of nitrogens with zero attached hydrogens (tertiary/aromatic N) is 3. The molecule has 0 spiro atoms. The minimum Gasteiger partial charge on any atom is -0.378 e. The van der Waals surface area contributed by atoms with E-state index in [2.05, 4.69) is 14.9 Å². The highest BCUT2D eigenvalue weighted by Crippen LogP contribution is 1.97. The highest BCUT2D eigenvalue weighted by Gasteiger charge is 2.12. The fraction of sp³-hybridized carbons (Fsp3) is 0.750. The number of morpholine rings is 1. The van der Waals surface area contributed by atoms with Crippen LogP contribution in [0.15, 0.2) is 9.98 Å². The monoisotopic (exact) mass is 169 g/mol. The lowest BCUT2D eigenvalue weighted by atomic mass is 10.4. The van der Waals surface area contributed by atoms with E-state index in [9.17, 15) is 0 Å². The van der Waals surface area contributed by atoms with Gasteiger partial charge in [0, 0.05) is 27.2 Å². The Morgan fingerprint density at radius 3 is 2.50 bits per heavy atom. The molecule has 0 amide bonds. The Labute approximate surface area is 73.0 Å². The van der Waals surface area contributed by atoms with Crippen molar-refractivity contribution >= 4 is 12.1 Å². The number of amidine groups is 1. The van der Waals surface area contributed by atoms with Crippen LogP contribution in [0.3, 0.4) is 0 Å². The Hall–Kier alpha value is -0.900. The normalized spacial score (nSPS) is 20.5. The molecule has 0 unspecified atom stereocenters. The summed E-state index contributed by atoms with van der Waals surface area (Å²) in [4.78, 5) is 10.3. The van der Waals surface area contributed by atoms with Gasteiger partial charge in [-0.25, -0.2) is 0 Å². The average molecular weight is 169 g/mol. The van der Waals surface area contributed by atoms with Crippen LogP contribution in [0.1, 0.15) is 0 Å².